The molecule has 1 aliphatic rings. The van der Waals surface area contributed by atoms with Gasteiger partial charge in [0.2, 0.25) is 0 Å². The molecule has 3 heterocycles. The van der Waals surface area contributed by atoms with Crippen molar-refractivity contribution >= 4 is 12.1 Å². The topological polar surface area (TPSA) is 114 Å². The molecule has 1 fully saturated rings. The quantitative estimate of drug-likeness (QED) is 0.566. The Kier molecular flexibility index (Phi) is 8.36. The summed E-state index contributed by atoms with van der Waals surface area (Å²) in [6, 6.07) is 3.52. The second-order valence-corrected chi connectivity index (χ2v) is 8.91. The molecule has 192 valence electrons. The summed E-state index contributed by atoms with van der Waals surface area (Å²) < 4.78 is 35.2. The van der Waals surface area contributed by atoms with Gasteiger partial charge in [-0.3, -0.25) is 14.7 Å². The van der Waals surface area contributed by atoms with Crippen LogP contribution in [-0.4, -0.2) is 79.6 Å². The molecule has 0 spiro atoms. The average Bonchev–Trinajstić information content (AvgIpc) is 3.16. The van der Waals surface area contributed by atoms with E-state index in [1.54, 1.807) is 26.2 Å². The van der Waals surface area contributed by atoms with Crippen LogP contribution in [0.2, 0.25) is 0 Å². The predicted octanol–water partition coefficient (Wildman–Crippen LogP) is 2.96. The Morgan fingerprint density at radius 1 is 1.31 bits per heavy atom. The van der Waals surface area contributed by atoms with Crippen molar-refractivity contribution in [3.63, 3.8) is 0 Å². The number of carboxylic acid groups (broad SMARTS) is 1. The van der Waals surface area contributed by atoms with Gasteiger partial charge in [0.25, 0.3) is 5.92 Å². The van der Waals surface area contributed by atoms with Crippen LogP contribution in [0.15, 0.2) is 12.1 Å². The van der Waals surface area contributed by atoms with Crippen LogP contribution < -0.4 is 0 Å². The zero-order chi connectivity index (χ0) is 25.8. The van der Waals surface area contributed by atoms with Gasteiger partial charge in [0.1, 0.15) is 18.0 Å². The number of amides is 1. The number of nitrogens with zero attached hydrogens (tertiary/aromatic N) is 6. The largest absolute Gasteiger partial charge is 0.481 e. The summed E-state index contributed by atoms with van der Waals surface area (Å²) in [4.78, 5) is 31.2. The number of aliphatic carboxylic acids is 1. The van der Waals surface area contributed by atoms with E-state index in [9.17, 15) is 23.5 Å². The van der Waals surface area contributed by atoms with E-state index in [4.69, 9.17) is 4.74 Å². The van der Waals surface area contributed by atoms with Gasteiger partial charge in [-0.2, -0.15) is 0 Å². The first-order valence-electron chi connectivity index (χ1n) is 11.6. The average molecular weight is 495 g/mol. The number of carboxylic acids is 1. The number of carbonyl (C=O) groups excluding carboxylic acids is 1. The van der Waals surface area contributed by atoms with Gasteiger partial charge in [0.15, 0.2) is 0 Å². The predicted molar refractivity (Wildman–Crippen MR) is 123 cm³/mol. The minimum absolute atomic E-state index is 0.0317. The minimum atomic E-state index is -3.06. The van der Waals surface area contributed by atoms with Crippen molar-refractivity contribution in [1.29, 1.82) is 0 Å². The van der Waals surface area contributed by atoms with Crippen molar-refractivity contribution < 1.29 is 28.2 Å². The first-order valence-corrected chi connectivity index (χ1v) is 11.6. The molecule has 1 N–H and O–H groups in total. The maximum absolute atomic E-state index is 14.1. The summed E-state index contributed by atoms with van der Waals surface area (Å²) >= 11 is 0. The molecule has 3 rings (SSSR count). The number of carbonyl (C=O) groups is 2. The highest BCUT2D eigenvalue weighted by molar-refractivity contribution is 5.70. The number of alkyl halides is 2. The number of aromatic nitrogens is 4. The van der Waals surface area contributed by atoms with Gasteiger partial charge >= 0.3 is 12.1 Å². The Labute approximate surface area is 202 Å². The summed E-state index contributed by atoms with van der Waals surface area (Å²) in [6.07, 6.45) is 0.258. The third-order valence-corrected chi connectivity index (χ3v) is 6.01. The zero-order valence-electron chi connectivity index (χ0n) is 20.5. The maximum atomic E-state index is 14.1. The summed E-state index contributed by atoms with van der Waals surface area (Å²) in [5, 5.41) is 17.5. The number of rotatable bonds is 9. The molecule has 2 aromatic heterocycles. The minimum Gasteiger partial charge on any atom is -0.481 e. The summed E-state index contributed by atoms with van der Waals surface area (Å²) in [6.45, 7) is 4.16. The van der Waals surface area contributed by atoms with Crippen LogP contribution in [0.3, 0.4) is 0 Å². The number of hydrogen-bond acceptors (Lipinski definition) is 7. The van der Waals surface area contributed by atoms with Crippen molar-refractivity contribution in [1.82, 2.24) is 29.8 Å². The fourth-order valence-corrected chi connectivity index (χ4v) is 4.24. The second-order valence-electron chi connectivity index (χ2n) is 8.91. The summed E-state index contributed by atoms with van der Waals surface area (Å²) in [7, 11) is 3.36. The van der Waals surface area contributed by atoms with Crippen molar-refractivity contribution in [2.45, 2.75) is 52.2 Å². The highest BCUT2D eigenvalue weighted by Gasteiger charge is 2.43. The van der Waals surface area contributed by atoms with Gasteiger partial charge in [-0.05, 0) is 24.5 Å². The molecular formula is C23H32F2N6O4. The Bertz CT molecular complexity index is 1060. The van der Waals surface area contributed by atoms with E-state index in [1.165, 1.54) is 14.5 Å². The van der Waals surface area contributed by atoms with E-state index in [-0.39, 0.29) is 19.7 Å². The van der Waals surface area contributed by atoms with Crippen LogP contribution in [0.1, 0.15) is 43.6 Å². The lowest BCUT2D eigenvalue weighted by atomic mass is 9.94. The molecule has 1 unspecified atom stereocenters. The Morgan fingerprint density at radius 2 is 2.06 bits per heavy atom. The summed E-state index contributed by atoms with van der Waals surface area (Å²) in [5.74, 6) is -5.38. The van der Waals surface area contributed by atoms with Crippen LogP contribution in [0.25, 0.3) is 11.4 Å². The van der Waals surface area contributed by atoms with Crippen molar-refractivity contribution in [3.05, 3.63) is 29.1 Å². The first kappa shape index (κ1) is 26.5. The van der Waals surface area contributed by atoms with Crippen LogP contribution >= 0.6 is 0 Å². The van der Waals surface area contributed by atoms with E-state index in [1.807, 2.05) is 13.8 Å². The number of pyridine rings is 1. The third-order valence-electron chi connectivity index (χ3n) is 6.01. The molecule has 1 amide bonds. The molecule has 2 aromatic rings. The highest BCUT2D eigenvalue weighted by Crippen LogP contribution is 2.32. The zero-order valence-corrected chi connectivity index (χ0v) is 20.5. The second kappa shape index (κ2) is 11.1. The molecule has 1 aliphatic heterocycles. The Morgan fingerprint density at radius 3 is 2.71 bits per heavy atom. The first-order chi connectivity index (χ1) is 16.5. The molecule has 12 heteroatoms. The lowest BCUT2D eigenvalue weighted by Gasteiger charge is -2.36. The SMILES string of the molecule is CCCN(C)C(=O)OCc1c(-c2ccc(CN3CC(C(=O)O)CC(F)(F)C3)c(CC)n2)nnn1C. The number of piperidine rings is 1. The Balaban J connectivity index is 1.79. The standard InChI is InChI=1S/C23H32F2N6O4/c1-5-9-29(3)22(34)35-13-19-20(27-28-30(19)4)18-8-7-15(17(6-2)26-18)11-31-12-16(21(32)33)10-23(24,25)14-31/h7-8,16H,5-6,9-14H2,1-4H3,(H,32,33). The van der Waals surface area contributed by atoms with E-state index >= 15 is 0 Å². The normalized spacial score (nSPS) is 17.8. The number of hydrogen-bond donors (Lipinski definition) is 1. The molecule has 1 saturated heterocycles. The lowest BCUT2D eigenvalue weighted by molar-refractivity contribution is -0.153. The third kappa shape index (κ3) is 6.50. The Hall–Kier alpha value is -3.15. The van der Waals surface area contributed by atoms with E-state index < -0.39 is 36.9 Å². The molecule has 0 radical (unpaired) electrons. The number of halogens is 2. The van der Waals surface area contributed by atoms with Gasteiger partial charge in [0, 0.05) is 45.8 Å². The smallest absolute Gasteiger partial charge is 0.409 e. The molecular weight excluding hydrogens is 462 g/mol. The summed E-state index contributed by atoms with van der Waals surface area (Å²) in [5.41, 5.74) is 3.01. The number of likely N-dealkylation sites (tertiary alicyclic amines) is 1. The van der Waals surface area contributed by atoms with E-state index in [0.29, 0.717) is 35.7 Å². The van der Waals surface area contributed by atoms with Crippen molar-refractivity contribution in [2.75, 3.05) is 26.7 Å². The molecule has 35 heavy (non-hydrogen) atoms. The van der Waals surface area contributed by atoms with Gasteiger partial charge in [-0.15, -0.1) is 5.10 Å². The fourth-order valence-electron chi connectivity index (χ4n) is 4.24. The number of aryl methyl sites for hydroxylation is 2. The molecule has 10 nitrogen and oxygen atoms in total. The van der Waals surface area contributed by atoms with Gasteiger partial charge in [-0.1, -0.05) is 25.1 Å². The lowest BCUT2D eigenvalue weighted by Crippen LogP contribution is -2.48. The van der Waals surface area contributed by atoms with E-state index in [2.05, 4.69) is 15.3 Å². The van der Waals surface area contributed by atoms with E-state index in [0.717, 1.165) is 12.0 Å². The molecule has 0 aliphatic carbocycles. The highest BCUT2D eigenvalue weighted by atomic mass is 19.3. The van der Waals surface area contributed by atoms with Gasteiger partial charge < -0.3 is 14.7 Å². The van der Waals surface area contributed by atoms with Gasteiger partial charge in [0.05, 0.1) is 18.2 Å². The molecule has 0 aromatic carbocycles. The molecule has 0 bridgehead atoms. The monoisotopic (exact) mass is 494 g/mol. The number of ether oxygens (including phenoxy) is 1. The van der Waals surface area contributed by atoms with Crippen LogP contribution in [-0.2, 0) is 36.2 Å². The van der Waals surface area contributed by atoms with Crippen molar-refractivity contribution in [2.24, 2.45) is 13.0 Å². The van der Waals surface area contributed by atoms with Crippen LogP contribution in [0.5, 0.6) is 0 Å². The van der Waals surface area contributed by atoms with Crippen LogP contribution in [0, 0.1) is 5.92 Å². The maximum Gasteiger partial charge on any atom is 0.409 e. The van der Waals surface area contributed by atoms with Crippen LogP contribution in [0.4, 0.5) is 13.6 Å². The van der Waals surface area contributed by atoms with Crippen molar-refractivity contribution in [3.8, 4) is 11.4 Å². The fraction of sp³-hybridized carbons (Fsp3) is 0.609. The molecule has 1 atom stereocenters. The molecule has 0 saturated carbocycles. The van der Waals surface area contributed by atoms with Gasteiger partial charge in [-0.25, -0.2) is 18.3 Å².